The second kappa shape index (κ2) is 4.15. The van der Waals surface area contributed by atoms with E-state index in [9.17, 15) is 4.39 Å². The van der Waals surface area contributed by atoms with Crippen LogP contribution in [0.2, 0.25) is 0 Å². The molecule has 92 valence electrons. The molecule has 0 saturated heterocycles. The van der Waals surface area contributed by atoms with Crippen molar-refractivity contribution in [2.75, 3.05) is 0 Å². The maximum atomic E-state index is 13.2. The quantitative estimate of drug-likeness (QED) is 0.771. The highest BCUT2D eigenvalue weighted by atomic mass is 32.1. The molecular weight excluding hydrogens is 251 g/mol. The van der Waals surface area contributed by atoms with Gasteiger partial charge in [0.15, 0.2) is 0 Å². The van der Waals surface area contributed by atoms with Gasteiger partial charge >= 0.3 is 0 Å². The first kappa shape index (κ1) is 11.3. The lowest BCUT2D eigenvalue weighted by Gasteiger charge is -1.98. The van der Waals surface area contributed by atoms with Gasteiger partial charge in [0.1, 0.15) is 10.8 Å². The van der Waals surface area contributed by atoms with Crippen LogP contribution in [-0.2, 0) is 6.54 Å². The van der Waals surface area contributed by atoms with Gasteiger partial charge in [-0.2, -0.15) is 5.10 Å². The number of halogens is 1. The lowest BCUT2D eigenvalue weighted by molar-refractivity contribution is 0.619. The van der Waals surface area contributed by atoms with Gasteiger partial charge in [0.2, 0.25) is 4.96 Å². The van der Waals surface area contributed by atoms with Crippen molar-refractivity contribution in [2.45, 2.75) is 13.5 Å². The van der Waals surface area contributed by atoms with Crippen LogP contribution in [0.15, 0.2) is 24.4 Å². The fourth-order valence-corrected chi connectivity index (χ4v) is 2.63. The summed E-state index contributed by atoms with van der Waals surface area (Å²) in [6, 6.07) is 4.97. The third-order valence-electron chi connectivity index (χ3n) is 2.71. The van der Waals surface area contributed by atoms with E-state index in [1.807, 2.05) is 6.20 Å². The molecule has 0 aliphatic rings. The van der Waals surface area contributed by atoms with Crippen LogP contribution in [0, 0.1) is 12.7 Å². The zero-order chi connectivity index (χ0) is 12.7. The number of rotatable bonds is 2. The number of nitrogens with zero attached hydrogens (tertiary/aromatic N) is 3. The first-order chi connectivity index (χ1) is 8.67. The Labute approximate surface area is 107 Å². The molecule has 3 rings (SSSR count). The molecule has 2 N–H and O–H groups in total. The molecule has 3 aromatic rings. The van der Waals surface area contributed by atoms with E-state index in [-0.39, 0.29) is 5.82 Å². The molecule has 2 heterocycles. The number of fused-ring (bicyclic) bond motifs is 1. The summed E-state index contributed by atoms with van der Waals surface area (Å²) in [7, 11) is 0. The van der Waals surface area contributed by atoms with E-state index in [1.54, 1.807) is 23.6 Å². The van der Waals surface area contributed by atoms with Crippen LogP contribution < -0.4 is 5.73 Å². The minimum absolute atomic E-state index is 0.203. The molecule has 0 spiro atoms. The van der Waals surface area contributed by atoms with Crippen molar-refractivity contribution in [1.82, 2.24) is 14.6 Å². The summed E-state index contributed by atoms with van der Waals surface area (Å²) < 4.78 is 14.9. The summed E-state index contributed by atoms with van der Waals surface area (Å²) in [4.78, 5) is 5.14. The smallest absolute Gasteiger partial charge is 0.212 e. The van der Waals surface area contributed by atoms with E-state index in [2.05, 4.69) is 10.1 Å². The fraction of sp³-hybridized carbons (Fsp3) is 0.167. The van der Waals surface area contributed by atoms with Gasteiger partial charge in [-0.05, 0) is 30.7 Å². The number of aryl methyl sites for hydroxylation is 1. The predicted octanol–water partition coefficient (Wildman–Crippen LogP) is 2.36. The van der Waals surface area contributed by atoms with Crippen LogP contribution in [0.3, 0.4) is 0 Å². The minimum atomic E-state index is -0.203. The van der Waals surface area contributed by atoms with Crippen molar-refractivity contribution in [3.63, 3.8) is 0 Å². The van der Waals surface area contributed by atoms with Crippen LogP contribution in [0.25, 0.3) is 15.5 Å². The predicted molar refractivity (Wildman–Crippen MR) is 68.9 cm³/mol. The van der Waals surface area contributed by atoms with Gasteiger partial charge in [-0.3, -0.25) is 0 Å². The van der Waals surface area contributed by atoms with Crippen molar-refractivity contribution in [3.05, 3.63) is 41.5 Å². The summed E-state index contributed by atoms with van der Waals surface area (Å²) in [5.74, 6) is -0.203. The molecule has 0 amide bonds. The molecule has 0 radical (unpaired) electrons. The number of benzene rings is 1. The monoisotopic (exact) mass is 262 g/mol. The number of nitrogens with two attached hydrogens (primary N) is 1. The number of imidazole rings is 1. The van der Waals surface area contributed by atoms with Gasteiger partial charge in [-0.15, -0.1) is 0 Å². The maximum Gasteiger partial charge on any atom is 0.212 e. The topological polar surface area (TPSA) is 56.2 Å². The van der Waals surface area contributed by atoms with E-state index < -0.39 is 0 Å². The Morgan fingerprint density at radius 2 is 2.28 bits per heavy atom. The van der Waals surface area contributed by atoms with Crippen LogP contribution in [-0.4, -0.2) is 14.6 Å². The van der Waals surface area contributed by atoms with E-state index in [0.29, 0.717) is 12.1 Å². The summed E-state index contributed by atoms with van der Waals surface area (Å²) in [6.07, 6.45) is 1.81. The van der Waals surface area contributed by atoms with Crippen molar-refractivity contribution in [2.24, 2.45) is 5.73 Å². The Kier molecular flexibility index (Phi) is 2.61. The van der Waals surface area contributed by atoms with Crippen LogP contribution in [0.1, 0.15) is 11.3 Å². The molecule has 0 aliphatic heterocycles. The van der Waals surface area contributed by atoms with Crippen molar-refractivity contribution >= 4 is 16.3 Å². The molecule has 6 heteroatoms. The van der Waals surface area contributed by atoms with Gasteiger partial charge in [-0.1, -0.05) is 11.3 Å². The highest BCUT2D eigenvalue weighted by molar-refractivity contribution is 7.19. The second-order valence-corrected chi connectivity index (χ2v) is 4.99. The van der Waals surface area contributed by atoms with Gasteiger partial charge in [-0.25, -0.2) is 13.9 Å². The highest BCUT2D eigenvalue weighted by Crippen LogP contribution is 2.26. The van der Waals surface area contributed by atoms with E-state index in [0.717, 1.165) is 21.2 Å². The molecule has 0 saturated carbocycles. The van der Waals surface area contributed by atoms with Crippen LogP contribution in [0.4, 0.5) is 4.39 Å². The molecule has 0 unspecified atom stereocenters. The second-order valence-electron chi connectivity index (χ2n) is 4.03. The molecule has 0 atom stereocenters. The molecule has 0 aliphatic carbocycles. The molecule has 0 fully saturated rings. The summed E-state index contributed by atoms with van der Waals surface area (Å²) >= 11 is 1.46. The Balaban J connectivity index is 2.07. The molecule has 18 heavy (non-hydrogen) atoms. The van der Waals surface area contributed by atoms with E-state index >= 15 is 0 Å². The first-order valence-electron chi connectivity index (χ1n) is 5.49. The first-order valence-corrected chi connectivity index (χ1v) is 6.30. The van der Waals surface area contributed by atoms with Crippen molar-refractivity contribution in [1.29, 1.82) is 0 Å². The Morgan fingerprint density at radius 1 is 1.44 bits per heavy atom. The molecule has 1 aromatic carbocycles. The highest BCUT2D eigenvalue weighted by Gasteiger charge is 2.10. The van der Waals surface area contributed by atoms with Crippen molar-refractivity contribution in [3.8, 4) is 10.6 Å². The normalized spacial score (nSPS) is 11.3. The zero-order valence-electron chi connectivity index (χ0n) is 9.72. The fourth-order valence-electron chi connectivity index (χ4n) is 1.74. The Hall–Kier alpha value is -1.79. The number of hydrogen-bond donors (Lipinski definition) is 1. The maximum absolute atomic E-state index is 13.2. The molecular formula is C12H11FN4S. The SMILES string of the molecule is Cc1cc(-c2nn3cc(CN)nc3s2)ccc1F. The van der Waals surface area contributed by atoms with Crippen LogP contribution in [0.5, 0.6) is 0 Å². The summed E-state index contributed by atoms with van der Waals surface area (Å²) in [6.45, 7) is 2.14. The average Bonchev–Trinajstić information content (AvgIpc) is 2.90. The van der Waals surface area contributed by atoms with Gasteiger partial charge in [0.05, 0.1) is 11.9 Å². The number of hydrogen-bond acceptors (Lipinski definition) is 4. The summed E-state index contributed by atoms with van der Waals surface area (Å²) in [5.41, 5.74) is 7.85. The molecule has 4 nitrogen and oxygen atoms in total. The Morgan fingerprint density at radius 3 is 2.94 bits per heavy atom. The van der Waals surface area contributed by atoms with E-state index in [1.165, 1.54) is 17.4 Å². The summed E-state index contributed by atoms with van der Waals surface area (Å²) in [5, 5.41) is 5.24. The van der Waals surface area contributed by atoms with Crippen LogP contribution >= 0.6 is 11.3 Å². The molecule has 2 aromatic heterocycles. The lowest BCUT2D eigenvalue weighted by Crippen LogP contribution is -1.95. The van der Waals surface area contributed by atoms with Gasteiger partial charge in [0.25, 0.3) is 0 Å². The lowest BCUT2D eigenvalue weighted by atomic mass is 10.1. The number of aromatic nitrogens is 3. The third kappa shape index (κ3) is 1.79. The molecule has 0 bridgehead atoms. The zero-order valence-corrected chi connectivity index (χ0v) is 10.5. The Bertz CT molecular complexity index is 685. The largest absolute Gasteiger partial charge is 0.325 e. The average molecular weight is 262 g/mol. The van der Waals surface area contributed by atoms with Gasteiger partial charge < -0.3 is 5.73 Å². The standard InChI is InChI=1S/C12H11FN4S/c1-7-4-8(2-3-10(7)13)11-16-17-6-9(5-14)15-12(17)18-11/h2-4,6H,5,14H2,1H3. The minimum Gasteiger partial charge on any atom is -0.325 e. The van der Waals surface area contributed by atoms with Gasteiger partial charge in [0, 0.05) is 12.1 Å². The third-order valence-corrected chi connectivity index (χ3v) is 3.68. The van der Waals surface area contributed by atoms with Crippen molar-refractivity contribution < 1.29 is 4.39 Å². The van der Waals surface area contributed by atoms with E-state index in [4.69, 9.17) is 5.73 Å².